The molecule has 2 nitrogen and oxygen atoms in total. The van der Waals surface area contributed by atoms with Crippen molar-refractivity contribution in [1.82, 2.24) is 5.32 Å². The van der Waals surface area contributed by atoms with Gasteiger partial charge in [-0.25, -0.2) is 4.39 Å². The Bertz CT molecular complexity index is 394. The van der Waals surface area contributed by atoms with Gasteiger partial charge in [0.15, 0.2) is 11.6 Å². The molecule has 3 heteroatoms. The number of piperidine rings is 1. The summed E-state index contributed by atoms with van der Waals surface area (Å²) >= 11 is 0. The summed E-state index contributed by atoms with van der Waals surface area (Å²) in [6, 6.07) is 5.39. The second-order valence-electron chi connectivity index (χ2n) is 5.20. The Hall–Kier alpha value is -1.09. The fraction of sp³-hybridized carbons (Fsp3) is 0.600. The first-order valence-corrected chi connectivity index (χ1v) is 6.74. The number of nitrogens with one attached hydrogen (secondary N) is 1. The van der Waals surface area contributed by atoms with Crippen LogP contribution in [0.5, 0.6) is 5.75 Å². The molecule has 1 aromatic rings. The Morgan fingerprint density at radius 1 is 1.44 bits per heavy atom. The SMILES string of the molecule is COc1cccc(CCC2CNCCC2C)c1F. The van der Waals surface area contributed by atoms with Crippen LogP contribution in [0.1, 0.15) is 25.3 Å². The highest BCUT2D eigenvalue weighted by Crippen LogP contribution is 2.26. The zero-order valence-electron chi connectivity index (χ0n) is 11.2. The van der Waals surface area contributed by atoms with Gasteiger partial charge in [-0.1, -0.05) is 19.1 Å². The first-order valence-electron chi connectivity index (χ1n) is 6.74. The lowest BCUT2D eigenvalue weighted by Crippen LogP contribution is -2.35. The van der Waals surface area contributed by atoms with E-state index in [-0.39, 0.29) is 5.82 Å². The molecule has 1 saturated heterocycles. The first kappa shape index (κ1) is 13.3. The van der Waals surface area contributed by atoms with Crippen LogP contribution in [-0.2, 0) is 6.42 Å². The van der Waals surface area contributed by atoms with Crippen molar-refractivity contribution >= 4 is 0 Å². The summed E-state index contributed by atoms with van der Waals surface area (Å²) in [5, 5.41) is 3.42. The molecule has 18 heavy (non-hydrogen) atoms. The molecule has 0 amide bonds. The quantitative estimate of drug-likeness (QED) is 0.888. The predicted molar refractivity (Wildman–Crippen MR) is 71.4 cm³/mol. The first-order chi connectivity index (χ1) is 8.72. The van der Waals surface area contributed by atoms with Crippen molar-refractivity contribution in [2.24, 2.45) is 11.8 Å². The van der Waals surface area contributed by atoms with Crippen molar-refractivity contribution in [3.63, 3.8) is 0 Å². The molecule has 1 aliphatic heterocycles. The third-order valence-corrected chi connectivity index (χ3v) is 4.04. The molecule has 100 valence electrons. The van der Waals surface area contributed by atoms with Gasteiger partial charge in [0, 0.05) is 0 Å². The van der Waals surface area contributed by atoms with Crippen molar-refractivity contribution < 1.29 is 9.13 Å². The van der Waals surface area contributed by atoms with E-state index in [1.165, 1.54) is 13.5 Å². The maximum atomic E-state index is 14.0. The number of aryl methyl sites for hydroxylation is 1. The van der Waals surface area contributed by atoms with Crippen LogP contribution in [0, 0.1) is 17.7 Å². The van der Waals surface area contributed by atoms with Crippen LogP contribution in [0.15, 0.2) is 18.2 Å². The highest BCUT2D eigenvalue weighted by Gasteiger charge is 2.21. The second kappa shape index (κ2) is 6.19. The highest BCUT2D eigenvalue weighted by molar-refractivity contribution is 5.31. The molecular weight excluding hydrogens is 229 g/mol. The number of hydrogen-bond acceptors (Lipinski definition) is 2. The molecule has 1 N–H and O–H groups in total. The van der Waals surface area contributed by atoms with Gasteiger partial charge < -0.3 is 10.1 Å². The predicted octanol–water partition coefficient (Wildman–Crippen LogP) is 3.01. The van der Waals surface area contributed by atoms with Crippen molar-refractivity contribution in [1.29, 1.82) is 0 Å². The van der Waals surface area contributed by atoms with Crippen molar-refractivity contribution in [2.75, 3.05) is 20.2 Å². The normalized spacial score (nSPS) is 23.9. The van der Waals surface area contributed by atoms with E-state index in [1.807, 2.05) is 12.1 Å². The molecule has 0 bridgehead atoms. The van der Waals surface area contributed by atoms with E-state index in [2.05, 4.69) is 12.2 Å². The Kier molecular flexibility index (Phi) is 4.59. The van der Waals surface area contributed by atoms with E-state index < -0.39 is 0 Å². The van der Waals surface area contributed by atoms with Crippen molar-refractivity contribution in [3.05, 3.63) is 29.6 Å². The van der Waals surface area contributed by atoms with Crippen molar-refractivity contribution in [3.8, 4) is 5.75 Å². The topological polar surface area (TPSA) is 21.3 Å². The zero-order valence-corrected chi connectivity index (χ0v) is 11.2. The van der Waals surface area contributed by atoms with Crippen LogP contribution in [-0.4, -0.2) is 20.2 Å². The summed E-state index contributed by atoms with van der Waals surface area (Å²) < 4.78 is 19.0. The van der Waals surface area contributed by atoms with E-state index >= 15 is 0 Å². The molecule has 1 heterocycles. The largest absolute Gasteiger partial charge is 0.494 e. The van der Waals surface area contributed by atoms with E-state index in [9.17, 15) is 4.39 Å². The minimum Gasteiger partial charge on any atom is -0.494 e. The zero-order chi connectivity index (χ0) is 13.0. The van der Waals surface area contributed by atoms with Gasteiger partial charge in [0.05, 0.1) is 7.11 Å². The molecule has 1 fully saturated rings. The summed E-state index contributed by atoms with van der Waals surface area (Å²) in [6.45, 7) is 4.48. The Morgan fingerprint density at radius 2 is 2.28 bits per heavy atom. The van der Waals surface area contributed by atoms with E-state index in [0.29, 0.717) is 11.7 Å². The van der Waals surface area contributed by atoms with E-state index in [0.717, 1.165) is 37.4 Å². The molecule has 0 saturated carbocycles. The smallest absolute Gasteiger partial charge is 0.168 e. The Morgan fingerprint density at radius 3 is 3.00 bits per heavy atom. The third kappa shape index (κ3) is 3.02. The number of halogens is 1. The molecule has 0 spiro atoms. The van der Waals surface area contributed by atoms with Gasteiger partial charge in [-0.3, -0.25) is 0 Å². The summed E-state index contributed by atoms with van der Waals surface area (Å²) in [6.07, 6.45) is 3.06. The second-order valence-corrected chi connectivity index (χ2v) is 5.20. The third-order valence-electron chi connectivity index (χ3n) is 4.04. The van der Waals surface area contributed by atoms with Gasteiger partial charge >= 0.3 is 0 Å². The van der Waals surface area contributed by atoms with E-state index in [1.54, 1.807) is 6.07 Å². The fourth-order valence-electron chi connectivity index (χ4n) is 2.69. The number of hydrogen-bond donors (Lipinski definition) is 1. The number of rotatable bonds is 4. The molecule has 2 unspecified atom stereocenters. The summed E-state index contributed by atoms with van der Waals surface area (Å²) in [5.74, 6) is 1.54. The van der Waals surface area contributed by atoms with Crippen molar-refractivity contribution in [2.45, 2.75) is 26.2 Å². The Balaban J connectivity index is 1.97. The average molecular weight is 251 g/mol. The molecule has 1 aromatic carbocycles. The molecule has 2 rings (SSSR count). The van der Waals surface area contributed by atoms with Gasteiger partial charge in [-0.05, 0) is 55.8 Å². The maximum absolute atomic E-state index is 14.0. The standard InChI is InChI=1S/C15H22FNO/c1-11-8-9-17-10-13(11)7-6-12-4-3-5-14(18-2)15(12)16/h3-5,11,13,17H,6-10H2,1-2H3. The summed E-state index contributed by atoms with van der Waals surface area (Å²) in [5.41, 5.74) is 0.770. The maximum Gasteiger partial charge on any atom is 0.168 e. The average Bonchev–Trinajstić information content (AvgIpc) is 2.39. The number of methoxy groups -OCH3 is 1. The fourth-order valence-corrected chi connectivity index (χ4v) is 2.69. The number of ether oxygens (including phenoxy) is 1. The lowest BCUT2D eigenvalue weighted by atomic mass is 9.84. The van der Waals surface area contributed by atoms with Gasteiger partial charge in [-0.2, -0.15) is 0 Å². The van der Waals surface area contributed by atoms with E-state index in [4.69, 9.17) is 4.74 Å². The van der Waals surface area contributed by atoms with Gasteiger partial charge in [-0.15, -0.1) is 0 Å². The minimum absolute atomic E-state index is 0.198. The molecule has 0 radical (unpaired) electrons. The van der Waals surface area contributed by atoms with Gasteiger partial charge in [0.2, 0.25) is 0 Å². The lowest BCUT2D eigenvalue weighted by Gasteiger charge is -2.29. The van der Waals surface area contributed by atoms with Crippen LogP contribution in [0.25, 0.3) is 0 Å². The molecule has 2 atom stereocenters. The van der Waals surface area contributed by atoms with Crippen LogP contribution in [0.4, 0.5) is 4.39 Å². The summed E-state index contributed by atoms with van der Waals surface area (Å²) in [4.78, 5) is 0. The van der Waals surface area contributed by atoms with Crippen LogP contribution in [0.2, 0.25) is 0 Å². The van der Waals surface area contributed by atoms with Crippen LogP contribution < -0.4 is 10.1 Å². The molecule has 0 aliphatic carbocycles. The molecular formula is C15H22FNO. The van der Waals surface area contributed by atoms with Crippen LogP contribution in [0.3, 0.4) is 0 Å². The number of benzene rings is 1. The monoisotopic (exact) mass is 251 g/mol. The highest BCUT2D eigenvalue weighted by atomic mass is 19.1. The van der Waals surface area contributed by atoms with Gasteiger partial charge in [0.1, 0.15) is 0 Å². The van der Waals surface area contributed by atoms with Crippen LogP contribution >= 0.6 is 0 Å². The molecule has 1 aliphatic rings. The Labute approximate surface area is 109 Å². The van der Waals surface area contributed by atoms with Gasteiger partial charge in [0.25, 0.3) is 0 Å². The summed E-state index contributed by atoms with van der Waals surface area (Å²) in [7, 11) is 1.51. The lowest BCUT2D eigenvalue weighted by molar-refractivity contribution is 0.259. The minimum atomic E-state index is -0.198. The molecule has 0 aromatic heterocycles.